The molecule has 0 aliphatic heterocycles. The summed E-state index contributed by atoms with van der Waals surface area (Å²) >= 11 is 0. The van der Waals surface area contributed by atoms with Crippen LogP contribution in [0.1, 0.15) is 30.4 Å². The second kappa shape index (κ2) is 2.65. The number of anilines is 1. The van der Waals surface area contributed by atoms with E-state index in [1.54, 1.807) is 6.07 Å². The number of nitrogen functional groups attached to an aromatic ring is 1. The van der Waals surface area contributed by atoms with E-state index < -0.39 is 6.17 Å². The van der Waals surface area contributed by atoms with Crippen molar-refractivity contribution in [3.8, 4) is 5.75 Å². The van der Waals surface area contributed by atoms with Gasteiger partial charge in [-0.05, 0) is 30.0 Å². The third kappa shape index (κ3) is 0.981. The fourth-order valence-electron chi connectivity index (χ4n) is 3.14. The number of benzene rings is 1. The van der Waals surface area contributed by atoms with Gasteiger partial charge in [-0.15, -0.1) is 0 Å². The minimum Gasteiger partial charge on any atom is -0.508 e. The molecular formula is C12H14FNO. The summed E-state index contributed by atoms with van der Waals surface area (Å²) in [5.41, 5.74) is 8.01. The average Bonchev–Trinajstić information content (AvgIpc) is 2.35. The van der Waals surface area contributed by atoms with Gasteiger partial charge in [0.15, 0.2) is 0 Å². The van der Waals surface area contributed by atoms with Crippen LogP contribution in [-0.2, 0) is 11.8 Å². The molecule has 0 radical (unpaired) electrons. The Morgan fingerprint density at radius 3 is 2.73 bits per heavy atom. The number of fused-ring (bicyclic) bond motifs is 2. The highest BCUT2D eigenvalue weighted by molar-refractivity contribution is 5.62. The Kier molecular flexibility index (Phi) is 1.59. The highest BCUT2D eigenvalue weighted by atomic mass is 19.1. The Morgan fingerprint density at radius 2 is 2.13 bits per heavy atom. The molecule has 0 aromatic heterocycles. The molecule has 2 nitrogen and oxygen atoms in total. The summed E-state index contributed by atoms with van der Waals surface area (Å²) in [4.78, 5) is 0. The first-order valence-electron chi connectivity index (χ1n) is 5.39. The molecule has 0 bridgehead atoms. The van der Waals surface area contributed by atoms with Gasteiger partial charge in [0.1, 0.15) is 11.9 Å². The summed E-state index contributed by atoms with van der Waals surface area (Å²) in [6.07, 6.45) is 2.48. The number of phenolic OH excluding ortho intramolecular Hbond substituents is 1. The van der Waals surface area contributed by atoms with Crippen molar-refractivity contribution < 1.29 is 9.50 Å². The second-order valence-electron chi connectivity index (χ2n) is 4.75. The van der Waals surface area contributed by atoms with Crippen molar-refractivity contribution in [1.82, 2.24) is 0 Å². The Labute approximate surface area is 87.9 Å². The number of alkyl halides is 1. The highest BCUT2D eigenvalue weighted by Crippen LogP contribution is 2.56. The van der Waals surface area contributed by atoms with Crippen molar-refractivity contribution in [3.05, 3.63) is 23.3 Å². The average molecular weight is 207 g/mol. The third-order valence-corrected chi connectivity index (χ3v) is 3.98. The predicted molar refractivity (Wildman–Crippen MR) is 56.6 cm³/mol. The van der Waals surface area contributed by atoms with Crippen LogP contribution in [0.3, 0.4) is 0 Å². The Hall–Kier alpha value is -1.25. The van der Waals surface area contributed by atoms with Gasteiger partial charge in [-0.3, -0.25) is 0 Å². The number of nitrogens with two attached hydrogens (primary N) is 1. The molecule has 0 amide bonds. The van der Waals surface area contributed by atoms with E-state index in [-0.39, 0.29) is 11.2 Å². The van der Waals surface area contributed by atoms with Gasteiger partial charge in [0, 0.05) is 23.6 Å². The molecule has 1 atom stereocenters. The first-order valence-corrected chi connectivity index (χ1v) is 5.39. The van der Waals surface area contributed by atoms with Gasteiger partial charge in [0.25, 0.3) is 0 Å². The van der Waals surface area contributed by atoms with Crippen LogP contribution in [0, 0.1) is 0 Å². The highest BCUT2D eigenvalue weighted by Gasteiger charge is 2.52. The fraction of sp³-hybridized carbons (Fsp3) is 0.500. The standard InChI is InChI=1S/C12H14FNO/c13-10-5-7-4-8(15)6-9(14)11(7)12(10)2-1-3-12/h4,6,10,15H,1-3,5,14H2. The minimum absolute atomic E-state index is 0.148. The van der Waals surface area contributed by atoms with Crippen molar-refractivity contribution in [1.29, 1.82) is 0 Å². The van der Waals surface area contributed by atoms with Crippen LogP contribution in [-0.4, -0.2) is 11.3 Å². The monoisotopic (exact) mass is 207 g/mol. The summed E-state index contributed by atoms with van der Waals surface area (Å²) in [5, 5.41) is 9.42. The maximum Gasteiger partial charge on any atom is 0.117 e. The summed E-state index contributed by atoms with van der Waals surface area (Å²) in [6.45, 7) is 0. The van der Waals surface area contributed by atoms with Gasteiger partial charge in [-0.2, -0.15) is 0 Å². The quantitative estimate of drug-likeness (QED) is 0.641. The number of rotatable bonds is 0. The van der Waals surface area contributed by atoms with Crippen molar-refractivity contribution in [2.24, 2.45) is 0 Å². The normalized spacial score (nSPS) is 26.3. The van der Waals surface area contributed by atoms with E-state index in [1.807, 2.05) is 0 Å². The minimum atomic E-state index is -0.814. The van der Waals surface area contributed by atoms with Gasteiger partial charge in [0.2, 0.25) is 0 Å². The molecule has 0 heterocycles. The Morgan fingerprint density at radius 1 is 1.40 bits per heavy atom. The lowest BCUT2D eigenvalue weighted by atomic mass is 9.64. The molecule has 1 aromatic rings. The predicted octanol–water partition coefficient (Wildman–Crippen LogP) is 2.29. The van der Waals surface area contributed by atoms with Gasteiger partial charge in [0.05, 0.1) is 0 Å². The number of aromatic hydroxyl groups is 1. The SMILES string of the molecule is Nc1cc(O)cc2c1C1(CCC1)C(F)C2. The van der Waals surface area contributed by atoms with E-state index >= 15 is 0 Å². The number of halogens is 1. The molecule has 3 rings (SSSR count). The molecule has 1 unspecified atom stereocenters. The molecular weight excluding hydrogens is 193 g/mol. The fourth-order valence-corrected chi connectivity index (χ4v) is 3.14. The van der Waals surface area contributed by atoms with Crippen molar-refractivity contribution in [3.63, 3.8) is 0 Å². The zero-order valence-electron chi connectivity index (χ0n) is 8.46. The van der Waals surface area contributed by atoms with Gasteiger partial charge in [-0.25, -0.2) is 4.39 Å². The zero-order chi connectivity index (χ0) is 10.6. The summed E-state index contributed by atoms with van der Waals surface area (Å²) in [6, 6.07) is 3.20. The van der Waals surface area contributed by atoms with Crippen LogP contribution < -0.4 is 5.73 Å². The van der Waals surface area contributed by atoms with E-state index in [0.29, 0.717) is 12.1 Å². The summed E-state index contributed by atoms with van der Waals surface area (Å²) < 4.78 is 14.0. The Balaban J connectivity index is 2.20. The van der Waals surface area contributed by atoms with Crippen molar-refractivity contribution in [2.75, 3.05) is 5.73 Å². The second-order valence-corrected chi connectivity index (χ2v) is 4.75. The van der Waals surface area contributed by atoms with Crippen LogP contribution in [0.2, 0.25) is 0 Å². The van der Waals surface area contributed by atoms with E-state index in [1.165, 1.54) is 6.07 Å². The number of hydrogen-bond donors (Lipinski definition) is 2. The smallest absolute Gasteiger partial charge is 0.117 e. The maximum atomic E-state index is 14.0. The molecule has 3 N–H and O–H groups in total. The van der Waals surface area contributed by atoms with Crippen LogP contribution in [0.5, 0.6) is 5.75 Å². The van der Waals surface area contributed by atoms with Gasteiger partial charge >= 0.3 is 0 Å². The molecule has 1 fully saturated rings. The van der Waals surface area contributed by atoms with Crippen molar-refractivity contribution >= 4 is 5.69 Å². The lowest BCUT2D eigenvalue weighted by Crippen LogP contribution is -2.40. The molecule has 15 heavy (non-hydrogen) atoms. The van der Waals surface area contributed by atoms with E-state index in [4.69, 9.17) is 5.73 Å². The van der Waals surface area contributed by atoms with E-state index in [2.05, 4.69) is 0 Å². The van der Waals surface area contributed by atoms with Crippen LogP contribution in [0.25, 0.3) is 0 Å². The molecule has 80 valence electrons. The molecule has 1 saturated carbocycles. The Bertz CT molecular complexity index is 426. The largest absolute Gasteiger partial charge is 0.508 e. The number of phenols is 1. The van der Waals surface area contributed by atoms with Gasteiger partial charge < -0.3 is 10.8 Å². The molecule has 2 aliphatic carbocycles. The lowest BCUT2D eigenvalue weighted by molar-refractivity contribution is 0.119. The lowest BCUT2D eigenvalue weighted by Gasteiger charge is -2.41. The first kappa shape index (κ1) is 9.01. The van der Waals surface area contributed by atoms with E-state index in [9.17, 15) is 9.50 Å². The first-order chi connectivity index (χ1) is 7.13. The number of hydrogen-bond acceptors (Lipinski definition) is 2. The van der Waals surface area contributed by atoms with Crippen LogP contribution >= 0.6 is 0 Å². The molecule has 0 saturated heterocycles. The molecule has 2 aliphatic rings. The van der Waals surface area contributed by atoms with Crippen molar-refractivity contribution in [2.45, 2.75) is 37.3 Å². The molecule has 1 spiro atoms. The molecule has 1 aromatic carbocycles. The maximum absolute atomic E-state index is 14.0. The third-order valence-electron chi connectivity index (χ3n) is 3.98. The zero-order valence-corrected chi connectivity index (χ0v) is 8.46. The van der Waals surface area contributed by atoms with Gasteiger partial charge in [-0.1, -0.05) is 6.42 Å². The van der Waals surface area contributed by atoms with Crippen LogP contribution in [0.15, 0.2) is 12.1 Å². The van der Waals surface area contributed by atoms with E-state index in [0.717, 1.165) is 30.4 Å². The topological polar surface area (TPSA) is 46.2 Å². The summed E-state index contributed by atoms with van der Waals surface area (Å²) in [5.74, 6) is 0.148. The summed E-state index contributed by atoms with van der Waals surface area (Å²) in [7, 11) is 0. The molecule has 3 heteroatoms. The van der Waals surface area contributed by atoms with Crippen LogP contribution in [0.4, 0.5) is 10.1 Å².